The smallest absolute Gasteiger partial charge is 0.313 e. The van der Waals surface area contributed by atoms with E-state index in [2.05, 4.69) is 14.7 Å². The first-order valence-corrected chi connectivity index (χ1v) is 4.58. The lowest BCUT2D eigenvalue weighted by molar-refractivity contribution is -0.139. The molecule has 0 unspecified atom stereocenters. The summed E-state index contributed by atoms with van der Waals surface area (Å²) in [5.74, 6) is -1.24. The Morgan fingerprint density at radius 3 is 2.33 bits per heavy atom. The average Bonchev–Trinajstić information content (AvgIpc) is 2.17. The molecule has 0 aromatic carbocycles. The summed E-state index contributed by atoms with van der Waals surface area (Å²) in [7, 11) is 1.18. The van der Waals surface area contributed by atoms with Crippen LogP contribution in [0.5, 0.6) is 0 Å². The lowest BCUT2D eigenvalue weighted by atomic mass is 10.1. The maximum Gasteiger partial charge on any atom is 0.313 e. The van der Waals surface area contributed by atoms with Gasteiger partial charge in [0.1, 0.15) is 23.1 Å². The van der Waals surface area contributed by atoms with Gasteiger partial charge in [-0.05, 0) is 0 Å². The first-order chi connectivity index (χ1) is 7.06. The average molecular weight is 249 g/mol. The minimum absolute atomic E-state index is 0.0637. The molecule has 80 valence electrons. The number of hydrogen-bond donors (Lipinski definition) is 0. The number of carbonyl (C=O) groups excluding carboxylic acids is 2. The zero-order valence-corrected chi connectivity index (χ0v) is 9.17. The number of halogens is 2. The highest BCUT2D eigenvalue weighted by molar-refractivity contribution is 6.38. The second kappa shape index (κ2) is 5.04. The number of esters is 1. The SMILES string of the molecule is COC(=O)CC(=O)c1c(Cl)ncnc1Cl. The number of ether oxygens (including phenoxy) is 1. The number of ketones is 1. The highest BCUT2D eigenvalue weighted by atomic mass is 35.5. The zero-order valence-electron chi connectivity index (χ0n) is 7.66. The first kappa shape index (κ1) is 11.9. The number of rotatable bonds is 3. The lowest BCUT2D eigenvalue weighted by Gasteiger charge is -2.02. The van der Waals surface area contributed by atoms with Gasteiger partial charge in [-0.1, -0.05) is 23.2 Å². The molecule has 1 rings (SSSR count). The predicted octanol–water partition coefficient (Wildman–Crippen LogP) is 1.53. The van der Waals surface area contributed by atoms with Gasteiger partial charge in [0.25, 0.3) is 0 Å². The van der Waals surface area contributed by atoms with Crippen molar-refractivity contribution in [2.75, 3.05) is 7.11 Å². The van der Waals surface area contributed by atoms with Crippen LogP contribution in [0.25, 0.3) is 0 Å². The standard InChI is InChI=1S/C8H6Cl2N2O3/c1-15-5(14)2-4(13)6-7(9)11-3-12-8(6)10/h3H,2H2,1H3. The van der Waals surface area contributed by atoms with Crippen LogP contribution in [0.1, 0.15) is 16.8 Å². The summed E-state index contributed by atoms with van der Waals surface area (Å²) in [6.45, 7) is 0. The van der Waals surface area contributed by atoms with Gasteiger partial charge < -0.3 is 4.74 Å². The number of carbonyl (C=O) groups is 2. The van der Waals surface area contributed by atoms with Crippen LogP contribution in [-0.4, -0.2) is 28.8 Å². The van der Waals surface area contributed by atoms with Crippen molar-refractivity contribution < 1.29 is 14.3 Å². The number of Topliss-reactive ketones (excluding diaryl/α,β-unsaturated/α-hetero) is 1. The molecule has 0 atom stereocenters. The Bertz CT molecular complexity index is 389. The molecule has 5 nitrogen and oxygen atoms in total. The van der Waals surface area contributed by atoms with Gasteiger partial charge in [-0.25, -0.2) is 9.97 Å². The molecule has 0 aliphatic heterocycles. The lowest BCUT2D eigenvalue weighted by Crippen LogP contribution is -2.11. The fourth-order valence-corrected chi connectivity index (χ4v) is 1.39. The Labute approximate surface area is 95.4 Å². The molecule has 0 bridgehead atoms. The summed E-state index contributed by atoms with van der Waals surface area (Å²) in [6.07, 6.45) is 0.683. The maximum absolute atomic E-state index is 11.5. The molecule has 7 heteroatoms. The van der Waals surface area contributed by atoms with E-state index in [-0.39, 0.29) is 15.9 Å². The molecule has 0 fully saturated rings. The largest absolute Gasteiger partial charge is 0.469 e. The molecule has 0 radical (unpaired) electrons. The fraction of sp³-hybridized carbons (Fsp3) is 0.250. The van der Waals surface area contributed by atoms with Crippen LogP contribution in [0.4, 0.5) is 0 Å². The van der Waals surface area contributed by atoms with Gasteiger partial charge in [0, 0.05) is 0 Å². The Kier molecular flexibility index (Phi) is 3.99. The van der Waals surface area contributed by atoms with Crippen molar-refractivity contribution in [1.29, 1.82) is 0 Å². The molecule has 1 aromatic rings. The molecular weight excluding hydrogens is 243 g/mol. The van der Waals surface area contributed by atoms with Gasteiger partial charge in [-0.15, -0.1) is 0 Å². The van der Waals surface area contributed by atoms with E-state index in [9.17, 15) is 9.59 Å². The van der Waals surface area contributed by atoms with Crippen molar-refractivity contribution in [1.82, 2.24) is 9.97 Å². The molecule has 0 aliphatic carbocycles. The van der Waals surface area contributed by atoms with Crippen LogP contribution in [-0.2, 0) is 9.53 Å². The second-order valence-electron chi connectivity index (χ2n) is 2.51. The molecule has 0 N–H and O–H groups in total. The predicted molar refractivity (Wildman–Crippen MR) is 53.0 cm³/mol. The molecule has 0 amide bonds. The van der Waals surface area contributed by atoms with Crippen molar-refractivity contribution in [2.24, 2.45) is 0 Å². The third kappa shape index (κ3) is 2.87. The Balaban J connectivity index is 2.96. The molecule has 1 heterocycles. The second-order valence-corrected chi connectivity index (χ2v) is 3.22. The summed E-state index contributed by atoms with van der Waals surface area (Å²) in [5, 5.41) is -0.159. The molecule has 0 aliphatic rings. The van der Waals surface area contributed by atoms with E-state index >= 15 is 0 Å². The summed E-state index contributed by atoms with van der Waals surface area (Å²) in [4.78, 5) is 29.5. The Hall–Kier alpha value is -1.20. The minimum Gasteiger partial charge on any atom is -0.469 e. The summed E-state index contributed by atoms with van der Waals surface area (Å²) >= 11 is 11.3. The third-order valence-corrected chi connectivity index (χ3v) is 2.14. The minimum atomic E-state index is -0.670. The number of methoxy groups -OCH3 is 1. The van der Waals surface area contributed by atoms with Crippen molar-refractivity contribution in [3.63, 3.8) is 0 Å². The van der Waals surface area contributed by atoms with E-state index in [1.165, 1.54) is 7.11 Å². The van der Waals surface area contributed by atoms with Gasteiger partial charge >= 0.3 is 5.97 Å². The summed E-state index contributed by atoms with van der Waals surface area (Å²) in [5.41, 5.74) is -0.0637. The normalized spacial score (nSPS) is 9.80. The van der Waals surface area contributed by atoms with Crippen molar-refractivity contribution >= 4 is 35.0 Å². The van der Waals surface area contributed by atoms with Crippen LogP contribution < -0.4 is 0 Å². The highest BCUT2D eigenvalue weighted by Crippen LogP contribution is 2.21. The van der Waals surface area contributed by atoms with Gasteiger partial charge in [0.15, 0.2) is 5.78 Å². The third-order valence-electron chi connectivity index (χ3n) is 1.57. The quantitative estimate of drug-likeness (QED) is 0.351. The molecule has 0 spiro atoms. The Morgan fingerprint density at radius 1 is 1.33 bits per heavy atom. The maximum atomic E-state index is 11.5. The molecule has 0 saturated carbocycles. The van der Waals surface area contributed by atoms with Gasteiger partial charge in [-0.3, -0.25) is 9.59 Å². The van der Waals surface area contributed by atoms with Crippen LogP contribution in [0.15, 0.2) is 6.33 Å². The van der Waals surface area contributed by atoms with Crippen LogP contribution in [0.3, 0.4) is 0 Å². The molecule has 1 aromatic heterocycles. The first-order valence-electron chi connectivity index (χ1n) is 3.82. The molecular formula is C8H6Cl2N2O3. The van der Waals surface area contributed by atoms with Crippen LogP contribution in [0, 0.1) is 0 Å². The van der Waals surface area contributed by atoms with Crippen molar-refractivity contribution in [3.05, 3.63) is 22.2 Å². The van der Waals surface area contributed by atoms with E-state index in [1.807, 2.05) is 0 Å². The Morgan fingerprint density at radius 2 is 1.87 bits per heavy atom. The van der Waals surface area contributed by atoms with E-state index in [4.69, 9.17) is 23.2 Å². The van der Waals surface area contributed by atoms with Crippen LogP contribution >= 0.6 is 23.2 Å². The molecule has 0 saturated heterocycles. The molecule has 15 heavy (non-hydrogen) atoms. The van der Waals surface area contributed by atoms with E-state index < -0.39 is 18.2 Å². The summed E-state index contributed by atoms with van der Waals surface area (Å²) in [6, 6.07) is 0. The van der Waals surface area contributed by atoms with Crippen molar-refractivity contribution in [3.8, 4) is 0 Å². The van der Waals surface area contributed by atoms with E-state index in [0.29, 0.717) is 0 Å². The monoisotopic (exact) mass is 248 g/mol. The van der Waals surface area contributed by atoms with Gasteiger partial charge in [0.05, 0.1) is 12.7 Å². The summed E-state index contributed by atoms with van der Waals surface area (Å²) < 4.78 is 4.34. The van der Waals surface area contributed by atoms with E-state index in [1.54, 1.807) is 0 Å². The number of hydrogen-bond acceptors (Lipinski definition) is 5. The van der Waals surface area contributed by atoms with Gasteiger partial charge in [-0.2, -0.15) is 0 Å². The number of aromatic nitrogens is 2. The zero-order chi connectivity index (χ0) is 11.4. The van der Waals surface area contributed by atoms with Crippen molar-refractivity contribution in [2.45, 2.75) is 6.42 Å². The number of nitrogens with zero attached hydrogens (tertiary/aromatic N) is 2. The van der Waals surface area contributed by atoms with Gasteiger partial charge in [0.2, 0.25) is 0 Å². The van der Waals surface area contributed by atoms with Crippen LogP contribution in [0.2, 0.25) is 10.3 Å². The topological polar surface area (TPSA) is 69.2 Å². The fourth-order valence-electron chi connectivity index (χ4n) is 0.866. The van der Waals surface area contributed by atoms with E-state index in [0.717, 1.165) is 6.33 Å². The highest BCUT2D eigenvalue weighted by Gasteiger charge is 2.19.